The number of carbonyl (C=O) groups excluding carboxylic acids is 2. The predicted octanol–water partition coefficient (Wildman–Crippen LogP) is -0.0231. The third kappa shape index (κ3) is 3.88. The molecule has 0 bridgehead atoms. The van der Waals surface area contributed by atoms with Crippen molar-refractivity contribution in [2.45, 2.75) is 4.90 Å². The largest absolute Gasteiger partial charge is 0.545 e. The van der Waals surface area contributed by atoms with Crippen molar-refractivity contribution in [1.29, 1.82) is 0 Å². The van der Waals surface area contributed by atoms with E-state index >= 15 is 0 Å². The molecule has 0 atom stereocenters. The van der Waals surface area contributed by atoms with Gasteiger partial charge in [0, 0.05) is 10.2 Å². The van der Waals surface area contributed by atoms with Gasteiger partial charge in [-0.15, -0.1) is 0 Å². The van der Waals surface area contributed by atoms with Gasteiger partial charge in [0.15, 0.2) is 0 Å². The summed E-state index contributed by atoms with van der Waals surface area (Å²) < 4.78 is 27.1. The lowest BCUT2D eigenvalue weighted by molar-refractivity contribution is -0.256. The number of hydrogen-bond donors (Lipinski definition) is 1. The number of aromatic carboxylic acids is 2. The fourth-order valence-electron chi connectivity index (χ4n) is 1.72. The molecule has 0 amide bonds. The fraction of sp³-hybridized carbons (Fsp3) is 0. The molecule has 1 N–H and O–H groups in total. The Morgan fingerprint density at radius 3 is 1.96 bits per heavy atom. The first kappa shape index (κ1) is 17.0. The molecule has 0 aliphatic heterocycles. The quantitative estimate of drug-likeness (QED) is 0.754. The summed E-state index contributed by atoms with van der Waals surface area (Å²) in [7, 11) is -4.08. The molecule has 9 heteroatoms. The zero-order valence-electron chi connectivity index (χ0n) is 11.3. The van der Waals surface area contributed by atoms with Gasteiger partial charge in [-0.2, -0.15) is 0 Å². The van der Waals surface area contributed by atoms with Crippen LogP contribution >= 0.6 is 15.9 Å². The number of anilines is 1. The van der Waals surface area contributed by atoms with Gasteiger partial charge in [0.2, 0.25) is 0 Å². The van der Waals surface area contributed by atoms with E-state index < -0.39 is 22.0 Å². The van der Waals surface area contributed by atoms with E-state index in [4.69, 9.17) is 0 Å². The first-order valence-electron chi connectivity index (χ1n) is 6.06. The molecule has 0 aliphatic carbocycles. The second-order valence-corrected chi connectivity index (χ2v) is 6.91. The lowest BCUT2D eigenvalue weighted by atomic mass is 10.2. The minimum absolute atomic E-state index is 0.104. The summed E-state index contributed by atoms with van der Waals surface area (Å²) >= 11 is 3.04. The Morgan fingerprint density at radius 1 is 0.913 bits per heavy atom. The van der Waals surface area contributed by atoms with Crippen molar-refractivity contribution in [3.63, 3.8) is 0 Å². The highest BCUT2D eigenvalue weighted by molar-refractivity contribution is 9.10. The van der Waals surface area contributed by atoms with Gasteiger partial charge >= 0.3 is 0 Å². The third-order valence-corrected chi connectivity index (χ3v) is 5.20. The Labute approximate surface area is 139 Å². The Hall–Kier alpha value is -2.39. The van der Waals surface area contributed by atoms with Crippen LogP contribution in [-0.2, 0) is 10.0 Å². The van der Waals surface area contributed by atoms with Crippen molar-refractivity contribution < 1.29 is 28.2 Å². The molecule has 2 rings (SSSR count). The maximum atomic E-state index is 12.3. The van der Waals surface area contributed by atoms with E-state index in [0.717, 1.165) is 6.07 Å². The average molecular weight is 398 g/mol. The predicted molar refractivity (Wildman–Crippen MR) is 80.1 cm³/mol. The Balaban J connectivity index is 2.37. The summed E-state index contributed by atoms with van der Waals surface area (Å²) in [5, 5.41) is 21.5. The molecule has 120 valence electrons. The number of carboxylic acid groups (broad SMARTS) is 2. The maximum Gasteiger partial charge on any atom is 0.263 e. The van der Waals surface area contributed by atoms with Crippen molar-refractivity contribution in [3.8, 4) is 0 Å². The summed E-state index contributed by atoms with van der Waals surface area (Å²) in [6.45, 7) is 0. The molecule has 23 heavy (non-hydrogen) atoms. The van der Waals surface area contributed by atoms with Crippen LogP contribution in [0.1, 0.15) is 20.7 Å². The fourth-order valence-corrected chi connectivity index (χ4v) is 3.77. The van der Waals surface area contributed by atoms with E-state index in [-0.39, 0.29) is 26.2 Å². The molecule has 0 aliphatic rings. The van der Waals surface area contributed by atoms with Gasteiger partial charge in [0.25, 0.3) is 10.0 Å². The molecule has 0 aromatic heterocycles. The van der Waals surface area contributed by atoms with E-state index in [0.29, 0.717) is 0 Å². The Kier molecular flexibility index (Phi) is 4.71. The van der Waals surface area contributed by atoms with Crippen molar-refractivity contribution in [3.05, 3.63) is 58.1 Å². The molecule has 0 fully saturated rings. The SMILES string of the molecule is O=C([O-])c1ccc(NS(=O)(=O)c2cc(C(=O)[O-])ccc2Br)cc1. The lowest BCUT2D eigenvalue weighted by Crippen LogP contribution is -2.23. The second kappa shape index (κ2) is 6.39. The summed E-state index contributed by atoms with van der Waals surface area (Å²) in [5.74, 6) is -2.89. The van der Waals surface area contributed by atoms with Gasteiger partial charge in [-0.3, -0.25) is 4.72 Å². The number of sulfonamides is 1. The van der Waals surface area contributed by atoms with Crippen LogP contribution in [0.15, 0.2) is 51.8 Å². The molecule has 0 heterocycles. The maximum absolute atomic E-state index is 12.3. The number of hydrogen-bond acceptors (Lipinski definition) is 6. The van der Waals surface area contributed by atoms with Gasteiger partial charge in [-0.05, 0) is 51.3 Å². The van der Waals surface area contributed by atoms with Crippen LogP contribution in [0.4, 0.5) is 5.69 Å². The number of carboxylic acids is 2. The number of halogens is 1. The standard InChI is InChI=1S/C14H10BrNO6S/c15-11-6-3-9(14(19)20)7-12(11)23(21,22)16-10-4-1-8(2-5-10)13(17)18/h1-7,16H,(H,17,18)(H,19,20)/p-2. The van der Waals surface area contributed by atoms with Gasteiger partial charge in [0.05, 0.1) is 11.9 Å². The van der Waals surface area contributed by atoms with Crippen molar-refractivity contribution in [1.82, 2.24) is 0 Å². The van der Waals surface area contributed by atoms with E-state index in [1.54, 1.807) is 0 Å². The van der Waals surface area contributed by atoms with Crippen molar-refractivity contribution >= 4 is 43.6 Å². The molecular weight excluding hydrogens is 390 g/mol. The smallest absolute Gasteiger partial charge is 0.263 e. The van der Waals surface area contributed by atoms with Crippen LogP contribution in [0, 0.1) is 0 Å². The number of benzene rings is 2. The minimum Gasteiger partial charge on any atom is -0.545 e. The summed E-state index contributed by atoms with van der Waals surface area (Å²) in [4.78, 5) is 21.2. The van der Waals surface area contributed by atoms with Crippen LogP contribution in [0.2, 0.25) is 0 Å². The van der Waals surface area contributed by atoms with Crippen LogP contribution in [0.5, 0.6) is 0 Å². The van der Waals surface area contributed by atoms with Crippen LogP contribution < -0.4 is 14.9 Å². The molecule has 2 aromatic carbocycles. The molecule has 0 radical (unpaired) electrons. The van der Waals surface area contributed by atoms with Crippen LogP contribution in [0.25, 0.3) is 0 Å². The van der Waals surface area contributed by atoms with E-state index in [2.05, 4.69) is 20.7 Å². The molecule has 0 saturated carbocycles. The third-order valence-electron chi connectivity index (χ3n) is 2.83. The summed E-state index contributed by atoms with van der Waals surface area (Å²) in [6, 6.07) is 8.29. The van der Waals surface area contributed by atoms with Gasteiger partial charge < -0.3 is 19.8 Å². The molecule has 0 saturated heterocycles. The highest BCUT2D eigenvalue weighted by Gasteiger charge is 2.18. The first-order valence-corrected chi connectivity index (χ1v) is 8.33. The lowest BCUT2D eigenvalue weighted by Gasteiger charge is -2.12. The van der Waals surface area contributed by atoms with Crippen LogP contribution in [-0.4, -0.2) is 20.4 Å². The van der Waals surface area contributed by atoms with Gasteiger partial charge in [-0.25, -0.2) is 8.42 Å². The van der Waals surface area contributed by atoms with Crippen molar-refractivity contribution in [2.24, 2.45) is 0 Å². The second-order valence-electron chi connectivity index (χ2n) is 4.40. The zero-order valence-corrected chi connectivity index (χ0v) is 13.7. The van der Waals surface area contributed by atoms with Crippen molar-refractivity contribution in [2.75, 3.05) is 4.72 Å². The number of nitrogens with one attached hydrogen (secondary N) is 1. The topological polar surface area (TPSA) is 126 Å². The van der Waals surface area contributed by atoms with E-state index in [1.807, 2.05) is 0 Å². The monoisotopic (exact) mass is 397 g/mol. The highest BCUT2D eigenvalue weighted by Crippen LogP contribution is 2.25. The number of carbonyl (C=O) groups is 2. The summed E-state index contributed by atoms with van der Waals surface area (Å²) in [5.41, 5.74) is -0.283. The van der Waals surface area contributed by atoms with Crippen LogP contribution in [0.3, 0.4) is 0 Å². The minimum atomic E-state index is -4.08. The summed E-state index contributed by atoms with van der Waals surface area (Å²) in [6.07, 6.45) is 0. The highest BCUT2D eigenvalue weighted by atomic mass is 79.9. The molecule has 0 spiro atoms. The first-order chi connectivity index (χ1) is 10.7. The molecule has 7 nitrogen and oxygen atoms in total. The Bertz CT molecular complexity index is 877. The Morgan fingerprint density at radius 2 is 1.43 bits per heavy atom. The van der Waals surface area contributed by atoms with E-state index in [1.165, 1.54) is 36.4 Å². The van der Waals surface area contributed by atoms with Gasteiger partial charge in [-0.1, -0.05) is 18.2 Å². The molecule has 2 aromatic rings. The number of rotatable bonds is 5. The molecular formula is C14H8BrNO6S-2. The zero-order chi connectivity index (χ0) is 17.2. The average Bonchev–Trinajstić information content (AvgIpc) is 2.47. The normalized spacial score (nSPS) is 11.0. The molecule has 0 unspecified atom stereocenters. The van der Waals surface area contributed by atoms with Gasteiger partial charge in [0.1, 0.15) is 4.90 Å². The van der Waals surface area contributed by atoms with E-state index in [9.17, 15) is 28.2 Å².